The molecule has 3 nitrogen and oxygen atoms in total. The maximum atomic E-state index is 12.9. The highest BCUT2D eigenvalue weighted by Gasteiger charge is 2.37. The Labute approximate surface area is 177 Å². The van der Waals surface area contributed by atoms with E-state index in [2.05, 4.69) is 26.6 Å². The molecule has 1 aliphatic carbocycles. The van der Waals surface area contributed by atoms with E-state index < -0.39 is 35.1 Å². The molecule has 0 bridgehead atoms. The van der Waals surface area contributed by atoms with Crippen molar-refractivity contribution in [3.63, 3.8) is 0 Å². The maximum Gasteiger partial charge on any atom is 0.416 e. The summed E-state index contributed by atoms with van der Waals surface area (Å²) in [5.74, 6) is -0.677. The Kier molecular flexibility index (Phi) is 6.47. The maximum absolute atomic E-state index is 12.9. The topological polar surface area (TPSA) is 41.1 Å². The van der Waals surface area contributed by atoms with Gasteiger partial charge in [-0.2, -0.15) is 26.3 Å². The third-order valence-corrected chi connectivity index (χ3v) is 5.29. The van der Waals surface area contributed by atoms with E-state index in [1.165, 1.54) is 5.56 Å². The van der Waals surface area contributed by atoms with Crippen LogP contribution in [0.5, 0.6) is 0 Å². The first-order chi connectivity index (χ1) is 13.9. The van der Waals surface area contributed by atoms with Crippen molar-refractivity contribution in [2.75, 3.05) is 11.9 Å². The molecule has 1 amide bonds. The summed E-state index contributed by atoms with van der Waals surface area (Å²) in [4.78, 5) is 12.1. The minimum atomic E-state index is -4.97. The molecule has 0 saturated heterocycles. The number of aryl methyl sites for hydroxylation is 1. The van der Waals surface area contributed by atoms with Crippen LogP contribution in [-0.2, 0) is 23.6 Å². The van der Waals surface area contributed by atoms with Crippen LogP contribution in [0, 0.1) is 0 Å². The zero-order valence-corrected chi connectivity index (χ0v) is 17.0. The third kappa shape index (κ3) is 5.54. The molecule has 1 atom stereocenters. The van der Waals surface area contributed by atoms with Crippen LogP contribution in [0.25, 0.3) is 0 Å². The van der Waals surface area contributed by atoms with Gasteiger partial charge in [0, 0.05) is 29.2 Å². The van der Waals surface area contributed by atoms with Crippen LogP contribution < -0.4 is 10.6 Å². The highest BCUT2D eigenvalue weighted by molar-refractivity contribution is 9.10. The summed E-state index contributed by atoms with van der Waals surface area (Å²) in [6, 6.07) is 6.97. The molecule has 0 heterocycles. The van der Waals surface area contributed by atoms with E-state index in [1.807, 2.05) is 18.2 Å². The van der Waals surface area contributed by atoms with E-state index in [0.717, 1.165) is 22.9 Å². The Morgan fingerprint density at radius 1 is 1.00 bits per heavy atom. The summed E-state index contributed by atoms with van der Waals surface area (Å²) < 4.78 is 78.4. The number of amides is 1. The average Bonchev–Trinajstić information content (AvgIpc) is 3.02. The summed E-state index contributed by atoms with van der Waals surface area (Å²) in [6.07, 6.45) is -8.31. The van der Waals surface area contributed by atoms with Gasteiger partial charge in [0.05, 0.1) is 11.1 Å². The molecule has 0 saturated carbocycles. The number of halogens is 7. The monoisotopic (exact) mass is 494 g/mol. The normalized spacial score (nSPS) is 16.4. The van der Waals surface area contributed by atoms with E-state index >= 15 is 0 Å². The van der Waals surface area contributed by atoms with Crippen LogP contribution in [0.15, 0.2) is 40.9 Å². The lowest BCUT2D eigenvalue weighted by atomic mass is 10.1. The second-order valence-corrected chi connectivity index (χ2v) is 7.90. The summed E-state index contributed by atoms with van der Waals surface area (Å²) >= 11 is 3.41. The highest BCUT2D eigenvalue weighted by atomic mass is 79.9. The van der Waals surface area contributed by atoms with Gasteiger partial charge in [-0.05, 0) is 54.3 Å². The standard InChI is InChI=1S/C20H17BrF6N2O/c21-14-2-3-16-11(7-14)1-4-17(16)28-6-5-18(30)29-15-9-12(19(22,23)24)8-13(10-15)20(25,26)27/h2-3,7-10,17,28H,1,4-6H2,(H,29,30). The molecule has 0 aliphatic heterocycles. The van der Waals surface area contributed by atoms with Crippen LogP contribution in [-0.4, -0.2) is 12.5 Å². The van der Waals surface area contributed by atoms with Crippen LogP contribution in [0.1, 0.15) is 41.1 Å². The van der Waals surface area contributed by atoms with Gasteiger partial charge in [0.25, 0.3) is 0 Å². The number of hydrogen-bond donors (Lipinski definition) is 2. The van der Waals surface area contributed by atoms with Crippen molar-refractivity contribution < 1.29 is 31.1 Å². The first-order valence-corrected chi connectivity index (χ1v) is 9.84. The van der Waals surface area contributed by atoms with Gasteiger partial charge < -0.3 is 10.6 Å². The lowest BCUT2D eigenvalue weighted by molar-refractivity contribution is -0.143. The molecule has 30 heavy (non-hydrogen) atoms. The lowest BCUT2D eigenvalue weighted by Crippen LogP contribution is -2.25. The molecule has 0 aromatic heterocycles. The number of nitrogens with one attached hydrogen (secondary N) is 2. The fraction of sp³-hybridized carbons (Fsp3) is 0.350. The molecule has 1 aliphatic rings. The minimum absolute atomic E-state index is 0.0209. The van der Waals surface area contributed by atoms with E-state index in [1.54, 1.807) is 0 Å². The number of carbonyl (C=O) groups excluding carboxylic acids is 1. The van der Waals surface area contributed by atoms with Gasteiger partial charge in [-0.15, -0.1) is 0 Å². The van der Waals surface area contributed by atoms with E-state index in [4.69, 9.17) is 0 Å². The van der Waals surface area contributed by atoms with Crippen molar-refractivity contribution in [3.05, 3.63) is 63.1 Å². The lowest BCUT2D eigenvalue weighted by Gasteiger charge is -2.16. The van der Waals surface area contributed by atoms with Crippen molar-refractivity contribution in [1.82, 2.24) is 5.32 Å². The largest absolute Gasteiger partial charge is 0.416 e. The first kappa shape index (κ1) is 22.6. The third-order valence-electron chi connectivity index (χ3n) is 4.80. The molecule has 2 aromatic carbocycles. The van der Waals surface area contributed by atoms with Crippen molar-refractivity contribution in [3.8, 4) is 0 Å². The van der Waals surface area contributed by atoms with Crippen molar-refractivity contribution in [1.29, 1.82) is 0 Å². The molecule has 10 heteroatoms. The Bertz CT molecular complexity index is 910. The number of fused-ring (bicyclic) bond motifs is 1. The second-order valence-electron chi connectivity index (χ2n) is 6.98. The smallest absolute Gasteiger partial charge is 0.326 e. The van der Waals surface area contributed by atoms with Gasteiger partial charge in [-0.3, -0.25) is 4.79 Å². The summed E-state index contributed by atoms with van der Waals surface area (Å²) in [5, 5.41) is 5.34. The fourth-order valence-corrected chi connectivity index (χ4v) is 3.82. The molecule has 1 unspecified atom stereocenters. The minimum Gasteiger partial charge on any atom is -0.326 e. The number of hydrogen-bond acceptors (Lipinski definition) is 2. The quantitative estimate of drug-likeness (QED) is 0.493. The van der Waals surface area contributed by atoms with Gasteiger partial charge in [-0.25, -0.2) is 0 Å². The predicted octanol–water partition coefficient (Wildman–Crippen LogP) is 6.09. The van der Waals surface area contributed by atoms with Gasteiger partial charge in [0.2, 0.25) is 5.91 Å². The SMILES string of the molecule is O=C(CCNC1CCc2cc(Br)ccc21)Nc1cc(C(F)(F)F)cc(C(F)(F)F)c1. The van der Waals surface area contributed by atoms with Crippen LogP contribution >= 0.6 is 15.9 Å². The molecule has 0 fully saturated rings. The van der Waals surface area contributed by atoms with Gasteiger partial charge in [-0.1, -0.05) is 22.0 Å². The summed E-state index contributed by atoms with van der Waals surface area (Å²) in [6.45, 7) is 0.233. The first-order valence-electron chi connectivity index (χ1n) is 9.04. The Morgan fingerprint density at radius 3 is 2.23 bits per heavy atom. The average molecular weight is 495 g/mol. The number of alkyl halides is 6. The Hall–Kier alpha value is -2.07. The van der Waals surface area contributed by atoms with Crippen LogP contribution in [0.2, 0.25) is 0 Å². The zero-order valence-electron chi connectivity index (χ0n) is 15.4. The van der Waals surface area contributed by atoms with E-state index in [0.29, 0.717) is 12.1 Å². The molecular formula is C20H17BrF6N2O. The second kappa shape index (κ2) is 8.58. The van der Waals surface area contributed by atoms with Gasteiger partial charge >= 0.3 is 12.4 Å². The van der Waals surface area contributed by atoms with Crippen LogP contribution in [0.4, 0.5) is 32.0 Å². The molecule has 0 spiro atoms. The molecular weight excluding hydrogens is 478 g/mol. The zero-order chi connectivity index (χ0) is 22.1. The molecule has 2 N–H and O–H groups in total. The molecule has 162 valence electrons. The predicted molar refractivity (Wildman–Crippen MR) is 103 cm³/mol. The summed E-state index contributed by atoms with van der Waals surface area (Å²) in [5.41, 5.74) is -1.18. The highest BCUT2D eigenvalue weighted by Crippen LogP contribution is 2.37. The molecule has 0 radical (unpaired) electrons. The Balaban J connectivity index is 1.61. The number of carbonyl (C=O) groups is 1. The fourth-order valence-electron chi connectivity index (χ4n) is 3.41. The molecule has 3 rings (SSSR count). The van der Waals surface area contributed by atoms with Gasteiger partial charge in [0.15, 0.2) is 0 Å². The van der Waals surface area contributed by atoms with E-state index in [9.17, 15) is 31.1 Å². The van der Waals surface area contributed by atoms with Gasteiger partial charge in [0.1, 0.15) is 0 Å². The summed E-state index contributed by atoms with van der Waals surface area (Å²) in [7, 11) is 0. The number of anilines is 1. The van der Waals surface area contributed by atoms with E-state index in [-0.39, 0.29) is 25.1 Å². The van der Waals surface area contributed by atoms with Crippen LogP contribution in [0.3, 0.4) is 0 Å². The van der Waals surface area contributed by atoms with Crippen molar-refractivity contribution in [2.45, 2.75) is 37.7 Å². The Morgan fingerprint density at radius 2 is 1.63 bits per heavy atom. The van der Waals surface area contributed by atoms with Crippen molar-refractivity contribution >= 4 is 27.5 Å². The molecule has 2 aromatic rings. The number of benzene rings is 2. The number of rotatable bonds is 5. The van der Waals surface area contributed by atoms with Crippen molar-refractivity contribution in [2.24, 2.45) is 0 Å².